The van der Waals surface area contributed by atoms with E-state index in [-0.39, 0.29) is 0 Å². The van der Waals surface area contributed by atoms with Gasteiger partial charge in [-0.05, 0) is 115 Å². The number of nitrogens with zero attached hydrogens (tertiary/aromatic N) is 3. The number of pyridine rings is 1. The summed E-state index contributed by atoms with van der Waals surface area (Å²) in [6, 6.07) is 60.8. The van der Waals surface area contributed by atoms with Gasteiger partial charge in [-0.25, -0.2) is 9.98 Å². The standard InChI is InChI=1S/C52H37N3/c1-34-20-27-49(38-16-6-3-7-17-38)54-52(47-32-42-24-22-37-15-10-11-19-43(37)50(42)48-33-53-29-28-44(47)48)55-51(34)45-26-25-41(31-46(45)36-13-4-2-5-14-36)40-23-21-35-12-8-9-18-39(35)30-40/h2-19,21-26,28-33H,20,27H2,1H3/b51-34+,54-49?,55-52?. The molecule has 0 amide bonds. The zero-order valence-electron chi connectivity index (χ0n) is 30.6. The van der Waals surface area contributed by atoms with Crippen LogP contribution in [-0.4, -0.2) is 16.5 Å². The quantitative estimate of drug-likeness (QED) is 0.164. The predicted molar refractivity (Wildman–Crippen MR) is 233 cm³/mol. The Kier molecular flexibility index (Phi) is 8.18. The molecule has 0 saturated carbocycles. The van der Waals surface area contributed by atoms with Crippen molar-refractivity contribution in [3.8, 4) is 22.3 Å². The summed E-state index contributed by atoms with van der Waals surface area (Å²) < 4.78 is 0. The summed E-state index contributed by atoms with van der Waals surface area (Å²) in [7, 11) is 0. The van der Waals surface area contributed by atoms with E-state index >= 15 is 0 Å². The van der Waals surface area contributed by atoms with Crippen LogP contribution in [0.3, 0.4) is 0 Å². The molecule has 0 aliphatic carbocycles. The van der Waals surface area contributed by atoms with Crippen LogP contribution in [0.25, 0.3) is 71.0 Å². The number of hydrogen-bond acceptors (Lipinski definition) is 3. The highest BCUT2D eigenvalue weighted by molar-refractivity contribution is 6.27. The van der Waals surface area contributed by atoms with Gasteiger partial charge in [-0.3, -0.25) is 4.98 Å². The number of amidine groups is 1. The average molecular weight is 704 g/mol. The maximum atomic E-state index is 5.67. The van der Waals surface area contributed by atoms with Crippen molar-refractivity contribution in [2.24, 2.45) is 9.98 Å². The van der Waals surface area contributed by atoms with E-state index in [0.717, 1.165) is 68.2 Å². The third kappa shape index (κ3) is 6.00. The second-order valence-corrected chi connectivity index (χ2v) is 14.4. The molecule has 0 fully saturated rings. The van der Waals surface area contributed by atoms with Crippen LogP contribution in [-0.2, 0) is 0 Å². The molecule has 0 atom stereocenters. The molecule has 0 N–H and O–H groups in total. The smallest absolute Gasteiger partial charge is 0.160 e. The van der Waals surface area contributed by atoms with E-state index in [0.29, 0.717) is 5.84 Å². The average Bonchev–Trinajstić information content (AvgIpc) is 3.25. The minimum Gasteiger partial charge on any atom is -0.264 e. The van der Waals surface area contributed by atoms with Gasteiger partial charge < -0.3 is 0 Å². The molecule has 8 aromatic carbocycles. The van der Waals surface area contributed by atoms with Crippen molar-refractivity contribution in [3.63, 3.8) is 0 Å². The van der Waals surface area contributed by atoms with Gasteiger partial charge in [0.25, 0.3) is 0 Å². The number of benzene rings is 8. The van der Waals surface area contributed by atoms with Crippen molar-refractivity contribution in [3.05, 3.63) is 205 Å². The summed E-state index contributed by atoms with van der Waals surface area (Å²) >= 11 is 0. The Morgan fingerprint density at radius 2 is 1.09 bits per heavy atom. The molecule has 0 saturated heterocycles. The maximum Gasteiger partial charge on any atom is 0.160 e. The van der Waals surface area contributed by atoms with Crippen LogP contribution in [0.2, 0.25) is 0 Å². The van der Waals surface area contributed by atoms with Gasteiger partial charge in [-0.1, -0.05) is 146 Å². The van der Waals surface area contributed by atoms with Crippen molar-refractivity contribution in [1.82, 2.24) is 4.98 Å². The van der Waals surface area contributed by atoms with Gasteiger partial charge in [-0.15, -0.1) is 0 Å². The van der Waals surface area contributed by atoms with Gasteiger partial charge in [0.05, 0.1) is 11.4 Å². The number of fused-ring (bicyclic) bond motifs is 6. The Morgan fingerprint density at radius 1 is 0.418 bits per heavy atom. The first kappa shape index (κ1) is 32.7. The number of hydrogen-bond donors (Lipinski definition) is 0. The normalized spacial score (nSPS) is 14.9. The highest BCUT2D eigenvalue weighted by Crippen LogP contribution is 2.39. The van der Waals surface area contributed by atoms with Crippen molar-refractivity contribution < 1.29 is 0 Å². The summed E-state index contributed by atoms with van der Waals surface area (Å²) in [5.41, 5.74) is 11.1. The Morgan fingerprint density at radius 3 is 1.93 bits per heavy atom. The lowest BCUT2D eigenvalue weighted by Gasteiger charge is -2.20. The van der Waals surface area contributed by atoms with Crippen molar-refractivity contribution in [2.45, 2.75) is 19.8 Å². The fourth-order valence-corrected chi connectivity index (χ4v) is 8.20. The van der Waals surface area contributed by atoms with E-state index in [9.17, 15) is 0 Å². The van der Waals surface area contributed by atoms with Crippen molar-refractivity contribution in [1.29, 1.82) is 0 Å². The fraction of sp³-hybridized carbons (Fsp3) is 0.0577. The molecule has 0 radical (unpaired) electrons. The highest BCUT2D eigenvalue weighted by atomic mass is 14.9. The molecule has 260 valence electrons. The first-order valence-electron chi connectivity index (χ1n) is 19.0. The van der Waals surface area contributed by atoms with E-state index in [1.807, 2.05) is 12.4 Å². The highest BCUT2D eigenvalue weighted by Gasteiger charge is 2.21. The van der Waals surface area contributed by atoms with Gasteiger partial charge in [0.1, 0.15) is 0 Å². The molecule has 55 heavy (non-hydrogen) atoms. The number of rotatable bonds is 5. The number of aromatic nitrogens is 1. The predicted octanol–water partition coefficient (Wildman–Crippen LogP) is 13.5. The van der Waals surface area contributed by atoms with Gasteiger partial charge in [0.2, 0.25) is 0 Å². The lowest BCUT2D eigenvalue weighted by atomic mass is 9.90. The van der Waals surface area contributed by atoms with Crippen LogP contribution in [0.1, 0.15) is 36.5 Å². The molecule has 1 aliphatic rings. The zero-order chi connectivity index (χ0) is 36.7. The molecular formula is C52H37N3. The summed E-state index contributed by atoms with van der Waals surface area (Å²) in [5, 5.41) is 9.42. The monoisotopic (exact) mass is 703 g/mol. The maximum absolute atomic E-state index is 5.67. The van der Waals surface area contributed by atoms with E-state index in [4.69, 9.17) is 9.98 Å². The minimum atomic E-state index is 0.705. The number of aliphatic imine (C=N–C) groups is 2. The van der Waals surface area contributed by atoms with Gasteiger partial charge in [-0.2, -0.15) is 0 Å². The fourth-order valence-electron chi connectivity index (χ4n) is 8.20. The molecule has 0 bridgehead atoms. The van der Waals surface area contributed by atoms with E-state index < -0.39 is 0 Å². The lowest BCUT2D eigenvalue weighted by Crippen LogP contribution is -2.11. The van der Waals surface area contributed by atoms with Crippen LogP contribution in [0, 0.1) is 0 Å². The summed E-state index contributed by atoms with van der Waals surface area (Å²) in [6.07, 6.45) is 5.52. The van der Waals surface area contributed by atoms with Gasteiger partial charge in [0.15, 0.2) is 5.84 Å². The largest absolute Gasteiger partial charge is 0.264 e. The van der Waals surface area contributed by atoms with Crippen LogP contribution < -0.4 is 0 Å². The zero-order valence-corrected chi connectivity index (χ0v) is 30.6. The summed E-state index contributed by atoms with van der Waals surface area (Å²) in [4.78, 5) is 15.8. The van der Waals surface area contributed by atoms with Crippen LogP contribution in [0.15, 0.2) is 198 Å². The SMILES string of the molecule is C/C1=C(/c2ccc(-c3ccc4ccccc4c3)cc2-c2ccccc2)N=C(c2cc3ccc4ccccc4c3c3cnccc23)N=C(c2ccccc2)CC1. The molecule has 1 aliphatic heterocycles. The van der Waals surface area contributed by atoms with E-state index in [1.165, 1.54) is 43.6 Å². The van der Waals surface area contributed by atoms with E-state index in [1.54, 1.807) is 0 Å². The van der Waals surface area contributed by atoms with Crippen molar-refractivity contribution in [2.75, 3.05) is 0 Å². The third-order valence-electron chi connectivity index (χ3n) is 11.0. The second-order valence-electron chi connectivity index (χ2n) is 14.4. The van der Waals surface area contributed by atoms with Gasteiger partial charge >= 0.3 is 0 Å². The molecule has 2 heterocycles. The summed E-state index contributed by atoms with van der Waals surface area (Å²) in [5.74, 6) is 0.705. The molecule has 3 nitrogen and oxygen atoms in total. The van der Waals surface area contributed by atoms with Gasteiger partial charge in [0, 0.05) is 28.9 Å². The third-order valence-corrected chi connectivity index (χ3v) is 11.0. The minimum absolute atomic E-state index is 0.705. The number of allylic oxidation sites excluding steroid dienone is 1. The molecular weight excluding hydrogens is 667 g/mol. The molecule has 0 unspecified atom stereocenters. The Bertz CT molecular complexity index is 3030. The first-order valence-corrected chi connectivity index (χ1v) is 19.0. The van der Waals surface area contributed by atoms with Crippen LogP contribution in [0.5, 0.6) is 0 Å². The Hall–Kier alpha value is -6.97. The molecule has 9 aromatic rings. The molecule has 1 aromatic heterocycles. The van der Waals surface area contributed by atoms with Crippen LogP contribution in [0.4, 0.5) is 0 Å². The molecule has 3 heteroatoms. The summed E-state index contributed by atoms with van der Waals surface area (Å²) in [6.45, 7) is 2.24. The molecule has 0 spiro atoms. The molecule has 10 rings (SSSR count). The Labute approximate surface area is 320 Å². The lowest BCUT2D eigenvalue weighted by molar-refractivity contribution is 1.00. The van der Waals surface area contributed by atoms with Crippen molar-refractivity contribution >= 4 is 60.3 Å². The van der Waals surface area contributed by atoms with Crippen LogP contribution >= 0.6 is 0 Å². The van der Waals surface area contributed by atoms with E-state index in [2.05, 4.69) is 182 Å². The Balaban J connectivity index is 1.22. The second kappa shape index (κ2) is 13.8. The topological polar surface area (TPSA) is 37.6 Å². The first-order chi connectivity index (χ1) is 27.2.